The molecule has 2 aliphatic heterocycles. The van der Waals surface area contributed by atoms with E-state index in [9.17, 15) is 24.4 Å². The summed E-state index contributed by atoms with van der Waals surface area (Å²) in [5.74, 6) is -3.12. The highest BCUT2D eigenvalue weighted by Crippen LogP contribution is 2.31. The van der Waals surface area contributed by atoms with Gasteiger partial charge in [-0.2, -0.15) is 5.06 Å². The third-order valence-corrected chi connectivity index (χ3v) is 3.46. The molecule has 2 heterocycles. The molecule has 1 N–H and O–H groups in total. The lowest BCUT2D eigenvalue weighted by molar-refractivity contribution is -0.171. The molecule has 7 nitrogen and oxygen atoms in total. The number of hydrogen-bond acceptors (Lipinski definition) is 5. The van der Waals surface area contributed by atoms with Gasteiger partial charge in [-0.1, -0.05) is 12.1 Å². The number of nitrogens with zero attached hydrogens (tertiary/aromatic N) is 2. The minimum atomic E-state index is -0.803. The second-order valence-electron chi connectivity index (χ2n) is 4.74. The van der Waals surface area contributed by atoms with Crippen LogP contribution in [-0.4, -0.2) is 33.9 Å². The quantitative estimate of drug-likeness (QED) is 0.625. The maximum absolute atomic E-state index is 11.8. The number of benzene rings is 1. The van der Waals surface area contributed by atoms with E-state index in [1.807, 2.05) is 0 Å². The Morgan fingerprint density at radius 2 is 1.71 bits per heavy atom. The zero-order valence-corrected chi connectivity index (χ0v) is 10.7. The Hall–Kier alpha value is -2.80. The molecular weight excluding hydrogens is 276 g/mol. The molecule has 0 bridgehead atoms. The summed E-state index contributed by atoms with van der Waals surface area (Å²) in [6.07, 6.45) is 2.18. The first kappa shape index (κ1) is 13.2. The van der Waals surface area contributed by atoms with Crippen LogP contribution in [0.15, 0.2) is 36.4 Å². The molecule has 0 radical (unpaired) electrons. The summed E-state index contributed by atoms with van der Waals surface area (Å²) >= 11 is 0. The second kappa shape index (κ2) is 4.64. The molecule has 3 rings (SSSR count). The van der Waals surface area contributed by atoms with Gasteiger partial charge in [-0.3, -0.25) is 24.4 Å². The summed E-state index contributed by atoms with van der Waals surface area (Å²) in [5, 5.41) is 9.37. The van der Waals surface area contributed by atoms with Crippen LogP contribution in [0.2, 0.25) is 0 Å². The molecule has 7 heteroatoms. The summed E-state index contributed by atoms with van der Waals surface area (Å²) in [5.41, 5.74) is 0.791. The van der Waals surface area contributed by atoms with E-state index in [0.717, 1.165) is 17.1 Å². The Labute approximate surface area is 119 Å². The summed E-state index contributed by atoms with van der Waals surface area (Å²) in [6.45, 7) is 0. The normalized spacial score (nSPS) is 21.9. The van der Waals surface area contributed by atoms with Crippen molar-refractivity contribution in [1.82, 2.24) is 5.06 Å². The number of anilines is 1. The number of hydrogen-bond donors (Lipinski definition) is 1. The molecular formula is C14H10N2O5. The van der Waals surface area contributed by atoms with Crippen molar-refractivity contribution in [3.8, 4) is 0 Å². The van der Waals surface area contributed by atoms with Gasteiger partial charge in [0, 0.05) is 18.6 Å². The van der Waals surface area contributed by atoms with Gasteiger partial charge in [-0.15, -0.1) is 0 Å². The molecule has 1 unspecified atom stereocenters. The molecule has 2 aliphatic rings. The molecule has 1 atom stereocenters. The highest BCUT2D eigenvalue weighted by Gasteiger charge is 2.39. The predicted molar refractivity (Wildman–Crippen MR) is 69.1 cm³/mol. The summed E-state index contributed by atoms with van der Waals surface area (Å²) in [7, 11) is 0. The predicted octanol–water partition coefficient (Wildman–Crippen LogP) is 0.348. The molecule has 1 saturated heterocycles. The number of imide groups is 2. The fraction of sp³-hybridized carbons (Fsp3) is 0.143. The summed E-state index contributed by atoms with van der Waals surface area (Å²) < 4.78 is 0. The number of carbonyl (C=O) groups excluding carboxylic acids is 4. The molecule has 0 saturated carbocycles. The highest BCUT2D eigenvalue weighted by atomic mass is 16.5. The average Bonchev–Trinajstić information content (AvgIpc) is 2.93. The fourth-order valence-electron chi connectivity index (χ4n) is 2.41. The van der Waals surface area contributed by atoms with Crippen LogP contribution in [0.1, 0.15) is 17.9 Å². The van der Waals surface area contributed by atoms with Crippen LogP contribution in [0.4, 0.5) is 5.69 Å². The van der Waals surface area contributed by atoms with Crippen LogP contribution in [0.3, 0.4) is 0 Å². The molecule has 106 valence electrons. The first-order valence-corrected chi connectivity index (χ1v) is 6.21. The first-order chi connectivity index (χ1) is 9.99. The molecule has 0 spiro atoms. The maximum atomic E-state index is 11.8. The lowest BCUT2D eigenvalue weighted by Crippen LogP contribution is -2.29. The monoisotopic (exact) mass is 286 g/mol. The Balaban J connectivity index is 1.95. The van der Waals surface area contributed by atoms with Crippen molar-refractivity contribution in [3.05, 3.63) is 42.0 Å². The number of rotatable bonds is 2. The first-order valence-electron chi connectivity index (χ1n) is 6.21. The third kappa shape index (κ3) is 2.03. The number of hydroxylamine groups is 2. The van der Waals surface area contributed by atoms with Gasteiger partial charge >= 0.3 is 0 Å². The second-order valence-corrected chi connectivity index (χ2v) is 4.74. The maximum Gasteiger partial charge on any atom is 0.261 e. The van der Waals surface area contributed by atoms with Crippen molar-refractivity contribution in [2.45, 2.75) is 12.3 Å². The van der Waals surface area contributed by atoms with Crippen molar-refractivity contribution in [3.63, 3.8) is 0 Å². The van der Waals surface area contributed by atoms with E-state index in [0.29, 0.717) is 11.3 Å². The molecule has 21 heavy (non-hydrogen) atoms. The van der Waals surface area contributed by atoms with E-state index in [2.05, 4.69) is 0 Å². The van der Waals surface area contributed by atoms with Crippen LogP contribution in [0.25, 0.3) is 0 Å². The molecule has 1 aromatic carbocycles. The van der Waals surface area contributed by atoms with E-state index < -0.39 is 29.5 Å². The van der Waals surface area contributed by atoms with Gasteiger partial charge < -0.3 is 0 Å². The van der Waals surface area contributed by atoms with Crippen molar-refractivity contribution >= 4 is 29.3 Å². The Kier molecular flexibility index (Phi) is 2.91. The number of carbonyl (C=O) groups is 4. The molecule has 0 aliphatic carbocycles. The average molecular weight is 286 g/mol. The van der Waals surface area contributed by atoms with Gasteiger partial charge in [-0.25, -0.2) is 4.90 Å². The van der Waals surface area contributed by atoms with Crippen LogP contribution >= 0.6 is 0 Å². The van der Waals surface area contributed by atoms with Gasteiger partial charge in [-0.05, 0) is 17.7 Å². The standard InChI is InChI=1S/C14H10N2O5/c17-11-4-5-12(18)15(11)9-3-1-2-8(6-9)10-7-13(19)16(21)14(10)20/h1-6,10,21H,7H2. The van der Waals surface area contributed by atoms with Gasteiger partial charge in [0.2, 0.25) is 0 Å². The van der Waals surface area contributed by atoms with Crippen LogP contribution in [-0.2, 0) is 19.2 Å². The Morgan fingerprint density at radius 3 is 2.29 bits per heavy atom. The molecule has 1 aromatic rings. The Morgan fingerprint density at radius 1 is 1.05 bits per heavy atom. The third-order valence-electron chi connectivity index (χ3n) is 3.46. The van der Waals surface area contributed by atoms with E-state index in [-0.39, 0.29) is 11.5 Å². The lowest BCUT2D eigenvalue weighted by atomic mass is 9.97. The SMILES string of the molecule is O=C1CC(c2cccc(N3C(=O)C=CC3=O)c2)C(=O)N1O. The minimum Gasteiger partial charge on any atom is -0.278 e. The van der Waals surface area contributed by atoms with Gasteiger partial charge in [0.25, 0.3) is 23.6 Å². The van der Waals surface area contributed by atoms with Crippen LogP contribution in [0, 0.1) is 0 Å². The van der Waals surface area contributed by atoms with Crippen molar-refractivity contribution in [1.29, 1.82) is 0 Å². The number of amides is 4. The smallest absolute Gasteiger partial charge is 0.261 e. The van der Waals surface area contributed by atoms with Crippen molar-refractivity contribution < 1.29 is 24.4 Å². The molecule has 4 amide bonds. The lowest BCUT2D eigenvalue weighted by Gasteiger charge is -2.16. The van der Waals surface area contributed by atoms with E-state index in [1.165, 1.54) is 6.07 Å². The topological polar surface area (TPSA) is 95.0 Å². The van der Waals surface area contributed by atoms with Gasteiger partial charge in [0.05, 0.1) is 11.6 Å². The molecule has 1 fully saturated rings. The zero-order chi connectivity index (χ0) is 15.1. The fourth-order valence-corrected chi connectivity index (χ4v) is 2.41. The van der Waals surface area contributed by atoms with Crippen molar-refractivity contribution in [2.24, 2.45) is 0 Å². The van der Waals surface area contributed by atoms with E-state index >= 15 is 0 Å². The highest BCUT2D eigenvalue weighted by molar-refractivity contribution is 6.28. The van der Waals surface area contributed by atoms with Gasteiger partial charge in [0.1, 0.15) is 0 Å². The Bertz CT molecular complexity index is 691. The van der Waals surface area contributed by atoms with Crippen LogP contribution in [0.5, 0.6) is 0 Å². The summed E-state index contributed by atoms with van der Waals surface area (Å²) in [6, 6.07) is 6.25. The largest absolute Gasteiger partial charge is 0.278 e. The van der Waals surface area contributed by atoms with Crippen molar-refractivity contribution in [2.75, 3.05) is 4.90 Å². The minimum absolute atomic E-state index is 0.102. The van der Waals surface area contributed by atoms with E-state index in [4.69, 9.17) is 0 Å². The van der Waals surface area contributed by atoms with Gasteiger partial charge in [0.15, 0.2) is 0 Å². The van der Waals surface area contributed by atoms with E-state index in [1.54, 1.807) is 18.2 Å². The zero-order valence-electron chi connectivity index (χ0n) is 10.7. The summed E-state index contributed by atoms with van der Waals surface area (Å²) in [4.78, 5) is 47.4. The van der Waals surface area contributed by atoms with Crippen LogP contribution < -0.4 is 4.90 Å². The molecule has 0 aromatic heterocycles.